The summed E-state index contributed by atoms with van der Waals surface area (Å²) in [7, 11) is 0. The van der Waals surface area contributed by atoms with Crippen molar-refractivity contribution in [1.29, 1.82) is 0 Å². The van der Waals surface area contributed by atoms with Crippen LogP contribution in [-0.4, -0.2) is 39.6 Å². The topological polar surface area (TPSA) is 62.5 Å². The number of carbonyl (C=O) groups is 1. The number of carbonyl (C=O) groups excluding carboxylic acids is 1. The average Bonchev–Trinajstić information content (AvgIpc) is 3.29. The van der Waals surface area contributed by atoms with Crippen molar-refractivity contribution < 1.29 is 4.79 Å². The van der Waals surface area contributed by atoms with Crippen LogP contribution in [0.4, 0.5) is 5.82 Å². The van der Waals surface area contributed by atoms with E-state index in [1.807, 2.05) is 16.6 Å². The summed E-state index contributed by atoms with van der Waals surface area (Å²) in [6.45, 7) is 1.72. The number of nitrogens with zero attached hydrogens (tertiary/aromatic N) is 4. The number of amides is 1. The Morgan fingerprint density at radius 1 is 1.12 bits per heavy atom. The van der Waals surface area contributed by atoms with E-state index in [-0.39, 0.29) is 11.9 Å². The lowest BCUT2D eigenvalue weighted by molar-refractivity contribution is -0.122. The summed E-state index contributed by atoms with van der Waals surface area (Å²) in [5.41, 5.74) is 0.820. The maximum Gasteiger partial charge on any atom is 0.242 e. The molecule has 0 bridgehead atoms. The molecule has 1 atom stereocenters. The van der Waals surface area contributed by atoms with Gasteiger partial charge in [-0.1, -0.05) is 19.3 Å². The number of nitrogens with one attached hydrogen (secondary N) is 1. The van der Waals surface area contributed by atoms with Crippen molar-refractivity contribution in [3.63, 3.8) is 0 Å². The molecule has 0 radical (unpaired) electrons. The minimum absolute atomic E-state index is 0.0941. The van der Waals surface area contributed by atoms with Gasteiger partial charge in [-0.3, -0.25) is 4.79 Å². The molecule has 6 nitrogen and oxygen atoms in total. The molecular weight excluding hydrogens is 302 g/mol. The zero-order valence-corrected chi connectivity index (χ0v) is 14.0. The Bertz CT molecular complexity index is 706. The van der Waals surface area contributed by atoms with Gasteiger partial charge in [-0.2, -0.15) is 9.61 Å². The van der Waals surface area contributed by atoms with Crippen molar-refractivity contribution in [2.24, 2.45) is 5.92 Å². The molecule has 128 valence electrons. The van der Waals surface area contributed by atoms with Crippen LogP contribution in [-0.2, 0) is 4.79 Å². The van der Waals surface area contributed by atoms with Crippen molar-refractivity contribution in [1.82, 2.24) is 19.9 Å². The Labute approximate surface area is 142 Å². The fourth-order valence-corrected chi connectivity index (χ4v) is 4.11. The molecular formula is C18H25N5O. The number of fused-ring (bicyclic) bond motifs is 1. The third kappa shape index (κ3) is 2.97. The van der Waals surface area contributed by atoms with Crippen LogP contribution in [0.5, 0.6) is 0 Å². The van der Waals surface area contributed by atoms with E-state index in [1.165, 1.54) is 32.1 Å². The Morgan fingerprint density at radius 3 is 2.88 bits per heavy atom. The van der Waals surface area contributed by atoms with Gasteiger partial charge >= 0.3 is 0 Å². The van der Waals surface area contributed by atoms with Crippen LogP contribution in [0.1, 0.15) is 44.9 Å². The molecule has 2 aromatic rings. The molecule has 1 saturated carbocycles. The fraction of sp³-hybridized carbons (Fsp3) is 0.611. The molecule has 1 aliphatic carbocycles. The van der Waals surface area contributed by atoms with Gasteiger partial charge in [0.1, 0.15) is 11.9 Å². The SMILES string of the molecule is O=C(NCC1CCCCC1)[C@@H]1CCCN1c1ccnc2ccnn12. The third-order valence-corrected chi connectivity index (χ3v) is 5.41. The third-order valence-electron chi connectivity index (χ3n) is 5.41. The Morgan fingerprint density at radius 2 is 2.00 bits per heavy atom. The Kier molecular flexibility index (Phi) is 4.36. The average molecular weight is 327 g/mol. The molecule has 1 N–H and O–H groups in total. The fourth-order valence-electron chi connectivity index (χ4n) is 4.11. The molecule has 24 heavy (non-hydrogen) atoms. The maximum atomic E-state index is 12.7. The van der Waals surface area contributed by atoms with Gasteiger partial charge in [0.25, 0.3) is 0 Å². The first kappa shape index (κ1) is 15.4. The first-order chi connectivity index (χ1) is 11.8. The maximum absolute atomic E-state index is 12.7. The van der Waals surface area contributed by atoms with Gasteiger partial charge < -0.3 is 10.2 Å². The first-order valence-corrected chi connectivity index (χ1v) is 9.16. The number of hydrogen-bond donors (Lipinski definition) is 1. The highest BCUT2D eigenvalue weighted by Crippen LogP contribution is 2.26. The monoisotopic (exact) mass is 327 g/mol. The quantitative estimate of drug-likeness (QED) is 0.936. The van der Waals surface area contributed by atoms with Crippen molar-refractivity contribution >= 4 is 17.4 Å². The molecule has 2 aromatic heterocycles. The first-order valence-electron chi connectivity index (χ1n) is 9.16. The van der Waals surface area contributed by atoms with Gasteiger partial charge in [0, 0.05) is 25.4 Å². The van der Waals surface area contributed by atoms with E-state index < -0.39 is 0 Å². The highest BCUT2D eigenvalue weighted by atomic mass is 16.2. The molecule has 1 amide bonds. The lowest BCUT2D eigenvalue weighted by atomic mass is 9.89. The zero-order chi connectivity index (χ0) is 16.4. The van der Waals surface area contributed by atoms with Gasteiger partial charge in [-0.25, -0.2) is 4.98 Å². The normalized spacial score (nSPS) is 22.2. The molecule has 2 fully saturated rings. The second kappa shape index (κ2) is 6.79. The molecule has 0 spiro atoms. The lowest BCUT2D eigenvalue weighted by Gasteiger charge is -2.27. The van der Waals surface area contributed by atoms with Crippen LogP contribution in [0.3, 0.4) is 0 Å². The second-order valence-corrected chi connectivity index (χ2v) is 7.00. The molecule has 1 saturated heterocycles. The highest BCUT2D eigenvalue weighted by molar-refractivity contribution is 5.85. The largest absolute Gasteiger partial charge is 0.354 e. The van der Waals surface area contributed by atoms with Crippen LogP contribution in [0, 0.1) is 5.92 Å². The van der Waals surface area contributed by atoms with Gasteiger partial charge in [-0.15, -0.1) is 0 Å². The van der Waals surface area contributed by atoms with E-state index in [0.717, 1.165) is 37.4 Å². The van der Waals surface area contributed by atoms with Crippen LogP contribution in [0.2, 0.25) is 0 Å². The van der Waals surface area contributed by atoms with E-state index in [2.05, 4.69) is 20.3 Å². The van der Waals surface area contributed by atoms with E-state index in [0.29, 0.717) is 5.92 Å². The van der Waals surface area contributed by atoms with Crippen molar-refractivity contribution in [3.05, 3.63) is 24.5 Å². The smallest absolute Gasteiger partial charge is 0.242 e. The second-order valence-electron chi connectivity index (χ2n) is 7.00. The van der Waals surface area contributed by atoms with Crippen molar-refractivity contribution in [2.45, 2.75) is 51.0 Å². The summed E-state index contributed by atoms with van der Waals surface area (Å²) >= 11 is 0. The molecule has 6 heteroatoms. The van der Waals surface area contributed by atoms with Gasteiger partial charge in [0.05, 0.1) is 6.20 Å². The van der Waals surface area contributed by atoms with Crippen molar-refractivity contribution in [3.8, 4) is 0 Å². The number of anilines is 1. The number of aromatic nitrogens is 3. The van der Waals surface area contributed by atoms with Crippen LogP contribution in [0.25, 0.3) is 5.65 Å². The van der Waals surface area contributed by atoms with E-state index >= 15 is 0 Å². The standard InChI is InChI=1S/C18H25N5O/c24-18(20-13-14-5-2-1-3-6-14)15-7-4-12-22(15)17-9-10-19-16-8-11-21-23(16)17/h8-11,14-15H,1-7,12-13H2,(H,20,24)/t15-/m0/s1. The van der Waals surface area contributed by atoms with E-state index in [9.17, 15) is 4.79 Å². The number of rotatable bonds is 4. The minimum atomic E-state index is -0.0941. The highest BCUT2D eigenvalue weighted by Gasteiger charge is 2.32. The van der Waals surface area contributed by atoms with Crippen LogP contribution >= 0.6 is 0 Å². The molecule has 1 aliphatic heterocycles. The van der Waals surface area contributed by atoms with Crippen molar-refractivity contribution in [2.75, 3.05) is 18.0 Å². The summed E-state index contributed by atoms with van der Waals surface area (Å²) < 4.78 is 1.83. The van der Waals surface area contributed by atoms with Gasteiger partial charge in [-0.05, 0) is 37.7 Å². The summed E-state index contributed by atoms with van der Waals surface area (Å²) in [6.07, 6.45) is 12.0. The molecule has 0 aromatic carbocycles. The molecule has 0 unspecified atom stereocenters. The summed E-state index contributed by atoms with van der Waals surface area (Å²) in [5, 5.41) is 7.57. The summed E-state index contributed by atoms with van der Waals surface area (Å²) in [5.74, 6) is 1.78. The molecule has 3 heterocycles. The summed E-state index contributed by atoms with van der Waals surface area (Å²) in [6, 6.07) is 3.74. The lowest BCUT2D eigenvalue weighted by Crippen LogP contribution is -2.45. The predicted octanol–water partition coefficient (Wildman–Crippen LogP) is 2.39. The van der Waals surface area contributed by atoms with Gasteiger partial charge in [0.2, 0.25) is 5.91 Å². The van der Waals surface area contributed by atoms with Crippen LogP contribution in [0.15, 0.2) is 24.5 Å². The number of hydrogen-bond acceptors (Lipinski definition) is 4. The minimum Gasteiger partial charge on any atom is -0.354 e. The summed E-state index contributed by atoms with van der Waals surface area (Å²) in [4.78, 5) is 19.2. The van der Waals surface area contributed by atoms with Gasteiger partial charge in [0.15, 0.2) is 5.65 Å². The zero-order valence-electron chi connectivity index (χ0n) is 14.0. The van der Waals surface area contributed by atoms with E-state index in [4.69, 9.17) is 0 Å². The Hall–Kier alpha value is -2.11. The van der Waals surface area contributed by atoms with E-state index in [1.54, 1.807) is 12.4 Å². The Balaban J connectivity index is 1.46. The molecule has 2 aliphatic rings. The van der Waals surface area contributed by atoms with Crippen LogP contribution < -0.4 is 10.2 Å². The molecule has 4 rings (SSSR count). The predicted molar refractivity (Wildman–Crippen MR) is 92.9 cm³/mol.